The molecule has 0 radical (unpaired) electrons. The lowest BCUT2D eigenvalue weighted by atomic mass is 9.74. The Morgan fingerprint density at radius 2 is 1.31 bits per heavy atom. The SMILES string of the molecule is CCOS(C)(=O)=O.Cc1cc(O)c(C(C)C)cc1C1(c2cc(C(C)C)c(O)cc2C)OC(=O)c2ccccc21. The molecule has 1 heterocycles. The number of hydrogen-bond acceptors (Lipinski definition) is 7. The second kappa shape index (κ2) is 11.4. The fourth-order valence-electron chi connectivity index (χ4n) is 5.08. The Bertz CT molecular complexity index is 1420. The fraction of sp³-hybridized carbons (Fsp3) is 0.387. The van der Waals surface area contributed by atoms with Crippen LogP contribution in [0, 0.1) is 13.8 Å². The first-order chi connectivity index (χ1) is 18.1. The highest BCUT2D eigenvalue weighted by Gasteiger charge is 2.50. The summed E-state index contributed by atoms with van der Waals surface area (Å²) >= 11 is 0. The topological polar surface area (TPSA) is 110 Å². The molecule has 0 saturated heterocycles. The van der Waals surface area contributed by atoms with Gasteiger partial charge in [-0.2, -0.15) is 8.42 Å². The van der Waals surface area contributed by atoms with E-state index in [2.05, 4.69) is 4.18 Å². The summed E-state index contributed by atoms with van der Waals surface area (Å²) in [6.45, 7) is 13.8. The Morgan fingerprint density at radius 3 is 1.69 bits per heavy atom. The van der Waals surface area contributed by atoms with E-state index in [4.69, 9.17) is 4.74 Å². The van der Waals surface area contributed by atoms with Crippen LogP contribution in [0.25, 0.3) is 0 Å². The van der Waals surface area contributed by atoms with E-state index in [0.29, 0.717) is 5.56 Å². The van der Waals surface area contributed by atoms with E-state index in [1.54, 1.807) is 25.1 Å². The molecule has 1 aliphatic rings. The summed E-state index contributed by atoms with van der Waals surface area (Å²) in [7, 11) is -3.17. The summed E-state index contributed by atoms with van der Waals surface area (Å²) in [4.78, 5) is 13.1. The Kier molecular flexibility index (Phi) is 8.82. The number of phenols is 2. The van der Waals surface area contributed by atoms with Crippen LogP contribution in [0.4, 0.5) is 0 Å². The Labute approximate surface area is 231 Å². The normalized spacial score (nSPS) is 14.2. The molecule has 2 N–H and O–H groups in total. The van der Waals surface area contributed by atoms with Crippen molar-refractivity contribution in [1.29, 1.82) is 0 Å². The molecule has 0 saturated carbocycles. The molecule has 0 bridgehead atoms. The first-order valence-corrected chi connectivity index (χ1v) is 14.8. The Hall–Kier alpha value is -3.36. The van der Waals surface area contributed by atoms with E-state index in [1.807, 2.05) is 71.9 Å². The van der Waals surface area contributed by atoms with Crippen LogP contribution < -0.4 is 0 Å². The first kappa shape index (κ1) is 30.2. The summed E-state index contributed by atoms with van der Waals surface area (Å²) in [6, 6.07) is 14.9. The van der Waals surface area contributed by atoms with E-state index >= 15 is 0 Å². The zero-order valence-electron chi connectivity index (χ0n) is 23.8. The van der Waals surface area contributed by atoms with Gasteiger partial charge in [0, 0.05) is 16.7 Å². The minimum Gasteiger partial charge on any atom is -0.508 e. The van der Waals surface area contributed by atoms with Crippen molar-refractivity contribution in [2.75, 3.05) is 12.9 Å². The number of fused-ring (bicyclic) bond motifs is 1. The number of rotatable bonds is 6. The molecule has 0 unspecified atom stereocenters. The van der Waals surface area contributed by atoms with Gasteiger partial charge in [-0.1, -0.05) is 45.9 Å². The standard InChI is InChI=1S/C28H30O4.C3H8O3S/c1-15(2)20-13-23(17(5)11-25(20)29)28(22-10-8-7-9-19(22)27(31)32-28)24-14-21(16(3)4)26(30)12-18(24)6;1-3-6-7(2,4)5/h7-16,29-30H,1-6H3;3H2,1-2H3. The molecule has 0 aromatic heterocycles. The second-order valence-electron chi connectivity index (χ2n) is 10.5. The zero-order chi connectivity index (χ0) is 29.3. The van der Waals surface area contributed by atoms with Crippen molar-refractivity contribution in [3.05, 3.63) is 93.0 Å². The molecular formula is C31H38O7S. The van der Waals surface area contributed by atoms with Gasteiger partial charge in [0.2, 0.25) is 0 Å². The lowest BCUT2D eigenvalue weighted by Gasteiger charge is -2.34. The molecule has 210 valence electrons. The summed E-state index contributed by atoms with van der Waals surface area (Å²) in [5.41, 5.74) is 5.03. The van der Waals surface area contributed by atoms with E-state index in [-0.39, 0.29) is 35.9 Å². The van der Waals surface area contributed by atoms with Crippen molar-refractivity contribution < 1.29 is 32.3 Å². The molecule has 3 aromatic carbocycles. The van der Waals surface area contributed by atoms with Gasteiger partial charge in [-0.15, -0.1) is 0 Å². The maximum absolute atomic E-state index is 13.1. The fourth-order valence-corrected chi connectivity index (χ4v) is 5.51. The van der Waals surface area contributed by atoms with Gasteiger partial charge in [0.05, 0.1) is 18.4 Å². The predicted octanol–water partition coefficient (Wildman–Crippen LogP) is 6.41. The largest absolute Gasteiger partial charge is 0.508 e. The molecule has 0 spiro atoms. The molecule has 3 aromatic rings. The number of carbonyl (C=O) groups is 1. The summed E-state index contributed by atoms with van der Waals surface area (Å²) in [5.74, 6) is 0.271. The number of phenolic OH excluding ortho intramolecular Hbond substituents is 2. The molecule has 4 rings (SSSR count). The molecule has 39 heavy (non-hydrogen) atoms. The van der Waals surface area contributed by atoms with Crippen molar-refractivity contribution in [3.63, 3.8) is 0 Å². The lowest BCUT2D eigenvalue weighted by Crippen LogP contribution is -2.32. The minimum atomic E-state index is -3.17. The smallest absolute Gasteiger partial charge is 0.340 e. The number of aromatic hydroxyl groups is 2. The van der Waals surface area contributed by atoms with Gasteiger partial charge in [-0.3, -0.25) is 4.18 Å². The van der Waals surface area contributed by atoms with Gasteiger partial charge in [0.1, 0.15) is 11.5 Å². The van der Waals surface area contributed by atoms with Crippen molar-refractivity contribution in [2.45, 2.75) is 65.9 Å². The number of ether oxygens (including phenoxy) is 1. The van der Waals surface area contributed by atoms with Gasteiger partial charge < -0.3 is 14.9 Å². The lowest BCUT2D eigenvalue weighted by molar-refractivity contribution is 0.0247. The van der Waals surface area contributed by atoms with Gasteiger partial charge in [0.25, 0.3) is 10.1 Å². The van der Waals surface area contributed by atoms with Crippen LogP contribution in [0.1, 0.15) is 95.8 Å². The number of cyclic esters (lactones) is 1. The number of benzene rings is 3. The average molecular weight is 555 g/mol. The quantitative estimate of drug-likeness (QED) is 0.268. The van der Waals surface area contributed by atoms with E-state index in [0.717, 1.165) is 45.2 Å². The monoisotopic (exact) mass is 554 g/mol. The molecule has 7 nitrogen and oxygen atoms in total. The van der Waals surface area contributed by atoms with Crippen molar-refractivity contribution in [3.8, 4) is 11.5 Å². The highest BCUT2D eigenvalue weighted by Crippen LogP contribution is 2.51. The van der Waals surface area contributed by atoms with Crippen molar-refractivity contribution in [1.82, 2.24) is 0 Å². The Balaban J connectivity index is 0.000000532. The van der Waals surface area contributed by atoms with Crippen LogP contribution in [-0.4, -0.2) is 37.5 Å². The first-order valence-electron chi connectivity index (χ1n) is 13.0. The van der Waals surface area contributed by atoms with Crippen LogP contribution in [-0.2, 0) is 24.6 Å². The van der Waals surface area contributed by atoms with Crippen molar-refractivity contribution in [2.24, 2.45) is 0 Å². The van der Waals surface area contributed by atoms with E-state index in [1.165, 1.54) is 0 Å². The number of carbonyl (C=O) groups excluding carboxylic acids is 1. The van der Waals surface area contributed by atoms with Gasteiger partial charge >= 0.3 is 5.97 Å². The van der Waals surface area contributed by atoms with Crippen LogP contribution in [0.5, 0.6) is 11.5 Å². The molecule has 0 fully saturated rings. The van der Waals surface area contributed by atoms with Gasteiger partial charge in [-0.05, 0) is 85.2 Å². The summed E-state index contributed by atoms with van der Waals surface area (Å²) in [6.07, 6.45) is 1.02. The van der Waals surface area contributed by atoms with E-state index < -0.39 is 15.7 Å². The van der Waals surface area contributed by atoms with Crippen LogP contribution in [0.2, 0.25) is 0 Å². The molecule has 0 aliphatic carbocycles. The maximum atomic E-state index is 13.1. The molecule has 1 aliphatic heterocycles. The zero-order valence-corrected chi connectivity index (χ0v) is 24.6. The van der Waals surface area contributed by atoms with Gasteiger partial charge in [0.15, 0.2) is 5.60 Å². The second-order valence-corrected chi connectivity index (χ2v) is 12.1. The summed E-state index contributed by atoms with van der Waals surface area (Å²) in [5, 5.41) is 21.2. The van der Waals surface area contributed by atoms with Gasteiger partial charge in [-0.25, -0.2) is 4.79 Å². The molecular weight excluding hydrogens is 516 g/mol. The van der Waals surface area contributed by atoms with Crippen LogP contribution >= 0.6 is 0 Å². The number of hydrogen-bond donors (Lipinski definition) is 2. The van der Waals surface area contributed by atoms with Crippen molar-refractivity contribution >= 4 is 16.1 Å². The highest BCUT2D eigenvalue weighted by molar-refractivity contribution is 7.85. The number of aryl methyl sites for hydroxylation is 2. The molecule has 8 heteroatoms. The average Bonchev–Trinajstić information content (AvgIpc) is 3.11. The van der Waals surface area contributed by atoms with Crippen LogP contribution in [0.3, 0.4) is 0 Å². The molecule has 0 atom stereocenters. The third-order valence-corrected chi connectivity index (χ3v) is 7.52. The Morgan fingerprint density at radius 1 is 0.846 bits per heavy atom. The van der Waals surface area contributed by atoms with E-state index in [9.17, 15) is 23.4 Å². The third-order valence-electron chi connectivity index (χ3n) is 6.85. The predicted molar refractivity (Wildman–Crippen MR) is 152 cm³/mol. The maximum Gasteiger partial charge on any atom is 0.340 e. The summed E-state index contributed by atoms with van der Waals surface area (Å²) < 4.78 is 30.5. The minimum absolute atomic E-state index is 0.0888. The number of esters is 1. The highest BCUT2D eigenvalue weighted by atomic mass is 32.2. The molecule has 0 amide bonds. The third kappa shape index (κ3) is 5.97. The van der Waals surface area contributed by atoms with Crippen LogP contribution in [0.15, 0.2) is 48.5 Å².